The van der Waals surface area contributed by atoms with Crippen LogP contribution in [0.1, 0.15) is 29.9 Å². The van der Waals surface area contributed by atoms with Crippen molar-refractivity contribution in [3.8, 4) is 0 Å². The van der Waals surface area contributed by atoms with Gasteiger partial charge in [0.25, 0.3) is 0 Å². The second kappa shape index (κ2) is 6.43. The number of aryl methyl sites for hydroxylation is 2. The zero-order chi connectivity index (χ0) is 16.6. The maximum Gasteiger partial charge on any atom is 0.390 e. The average Bonchev–Trinajstić information content (AvgIpc) is 3.02. The summed E-state index contributed by atoms with van der Waals surface area (Å²) in [5.74, 6) is 1.89. The number of fused-ring (bicyclic) bond motifs is 1. The minimum Gasteiger partial charge on any atom is -0.361 e. The number of alkyl halides is 3. The zero-order valence-electron chi connectivity index (χ0n) is 13.7. The Hall–Kier alpha value is -1.08. The topological polar surface area (TPSA) is 32.5 Å². The highest BCUT2D eigenvalue weighted by molar-refractivity contribution is 5.20. The molecule has 130 valence electrons. The second-order valence-corrected chi connectivity index (χ2v) is 6.97. The monoisotopic (exact) mass is 331 g/mol. The molecule has 3 rings (SSSR count). The quantitative estimate of drug-likeness (QED) is 0.849. The Morgan fingerprint density at radius 2 is 1.83 bits per heavy atom. The normalized spacial score (nSPS) is 26.7. The summed E-state index contributed by atoms with van der Waals surface area (Å²) in [7, 11) is 0. The van der Waals surface area contributed by atoms with Gasteiger partial charge in [-0.15, -0.1) is 0 Å². The first kappa shape index (κ1) is 16.8. The molecule has 0 aliphatic carbocycles. The number of hydrogen-bond acceptors (Lipinski definition) is 4. The molecular weight excluding hydrogens is 307 g/mol. The van der Waals surface area contributed by atoms with Crippen molar-refractivity contribution < 1.29 is 17.7 Å². The third kappa shape index (κ3) is 4.07. The summed E-state index contributed by atoms with van der Waals surface area (Å²) in [5.41, 5.74) is 2.08. The predicted octanol–water partition coefficient (Wildman–Crippen LogP) is 3.00. The summed E-state index contributed by atoms with van der Waals surface area (Å²) in [6, 6.07) is 0. The van der Waals surface area contributed by atoms with E-state index in [-0.39, 0.29) is 6.54 Å². The number of likely N-dealkylation sites (tertiary alicyclic amines) is 2. The van der Waals surface area contributed by atoms with Gasteiger partial charge < -0.3 is 9.42 Å². The van der Waals surface area contributed by atoms with Gasteiger partial charge in [0.05, 0.1) is 12.1 Å². The van der Waals surface area contributed by atoms with Gasteiger partial charge in [0.15, 0.2) is 0 Å². The fourth-order valence-electron chi connectivity index (χ4n) is 3.90. The maximum absolute atomic E-state index is 12.4. The molecule has 0 bridgehead atoms. The first-order valence-electron chi connectivity index (χ1n) is 8.25. The summed E-state index contributed by atoms with van der Waals surface area (Å²) in [6.07, 6.45) is -3.69. The van der Waals surface area contributed by atoms with Crippen molar-refractivity contribution in [3.05, 3.63) is 17.0 Å². The molecule has 0 amide bonds. The van der Waals surface area contributed by atoms with Gasteiger partial charge in [0, 0.05) is 38.3 Å². The highest BCUT2D eigenvalue weighted by atomic mass is 19.4. The Morgan fingerprint density at radius 1 is 1.13 bits per heavy atom. The molecule has 2 aliphatic heterocycles. The van der Waals surface area contributed by atoms with E-state index in [1.165, 1.54) is 0 Å². The third-order valence-electron chi connectivity index (χ3n) is 5.24. The van der Waals surface area contributed by atoms with E-state index < -0.39 is 12.6 Å². The minimum absolute atomic E-state index is 0.139. The van der Waals surface area contributed by atoms with Crippen LogP contribution in [0.4, 0.5) is 13.2 Å². The van der Waals surface area contributed by atoms with Gasteiger partial charge in [-0.2, -0.15) is 13.2 Å². The molecule has 23 heavy (non-hydrogen) atoms. The van der Waals surface area contributed by atoms with Crippen LogP contribution >= 0.6 is 0 Å². The number of rotatable bonds is 4. The Balaban J connectivity index is 1.53. The molecule has 4 nitrogen and oxygen atoms in total. The lowest BCUT2D eigenvalue weighted by molar-refractivity contribution is -0.137. The first-order chi connectivity index (χ1) is 10.8. The number of hydrogen-bond donors (Lipinski definition) is 0. The molecule has 0 saturated carbocycles. The molecule has 3 heterocycles. The van der Waals surface area contributed by atoms with E-state index in [0.29, 0.717) is 11.8 Å². The van der Waals surface area contributed by atoms with Gasteiger partial charge in [-0.1, -0.05) is 5.16 Å². The first-order valence-corrected chi connectivity index (χ1v) is 8.25. The van der Waals surface area contributed by atoms with E-state index in [9.17, 15) is 13.2 Å². The van der Waals surface area contributed by atoms with Crippen LogP contribution in [0.25, 0.3) is 0 Å². The van der Waals surface area contributed by atoms with Crippen molar-refractivity contribution in [3.63, 3.8) is 0 Å². The molecule has 2 saturated heterocycles. The molecule has 2 aliphatic rings. The Morgan fingerprint density at radius 3 is 2.48 bits per heavy atom. The summed E-state index contributed by atoms with van der Waals surface area (Å²) in [4.78, 5) is 4.38. The van der Waals surface area contributed by atoms with Crippen molar-refractivity contribution in [2.75, 3.05) is 32.7 Å². The number of nitrogens with zero attached hydrogens (tertiary/aromatic N) is 3. The van der Waals surface area contributed by atoms with Gasteiger partial charge in [-0.05, 0) is 38.6 Å². The van der Waals surface area contributed by atoms with Crippen molar-refractivity contribution in [1.29, 1.82) is 0 Å². The van der Waals surface area contributed by atoms with E-state index in [4.69, 9.17) is 4.52 Å². The van der Waals surface area contributed by atoms with E-state index >= 15 is 0 Å². The molecule has 0 aromatic carbocycles. The van der Waals surface area contributed by atoms with Crippen molar-refractivity contribution in [1.82, 2.24) is 15.0 Å². The zero-order valence-corrected chi connectivity index (χ0v) is 13.7. The number of halogens is 3. The van der Waals surface area contributed by atoms with Crippen LogP contribution in [0.15, 0.2) is 4.52 Å². The van der Waals surface area contributed by atoms with E-state index in [0.717, 1.165) is 56.2 Å². The molecular formula is C16H24F3N3O. The lowest BCUT2D eigenvalue weighted by atomic mass is 9.88. The third-order valence-corrected chi connectivity index (χ3v) is 5.24. The van der Waals surface area contributed by atoms with Crippen LogP contribution in [0.2, 0.25) is 0 Å². The average molecular weight is 331 g/mol. The molecule has 0 N–H and O–H groups in total. The molecule has 0 spiro atoms. The summed E-state index contributed by atoms with van der Waals surface area (Å²) in [5, 5.41) is 3.99. The maximum atomic E-state index is 12.4. The van der Waals surface area contributed by atoms with Crippen LogP contribution in [0.5, 0.6) is 0 Å². The largest absolute Gasteiger partial charge is 0.390 e. The predicted molar refractivity (Wildman–Crippen MR) is 80.0 cm³/mol. The van der Waals surface area contributed by atoms with Crippen molar-refractivity contribution in [2.45, 2.75) is 39.4 Å². The smallest absolute Gasteiger partial charge is 0.361 e. The highest BCUT2D eigenvalue weighted by Gasteiger charge is 2.38. The van der Waals surface area contributed by atoms with E-state index in [1.54, 1.807) is 0 Å². The lowest BCUT2D eigenvalue weighted by Gasteiger charge is -2.34. The molecule has 1 aromatic rings. The minimum atomic E-state index is -4.05. The van der Waals surface area contributed by atoms with E-state index in [1.807, 2.05) is 18.7 Å². The molecule has 7 heteroatoms. The molecule has 2 atom stereocenters. The highest BCUT2D eigenvalue weighted by Crippen LogP contribution is 2.33. The summed E-state index contributed by atoms with van der Waals surface area (Å²) >= 11 is 0. The van der Waals surface area contributed by atoms with Crippen LogP contribution in [0, 0.1) is 25.7 Å². The fraction of sp³-hybridized carbons (Fsp3) is 0.812. The van der Waals surface area contributed by atoms with Crippen LogP contribution < -0.4 is 0 Å². The van der Waals surface area contributed by atoms with Crippen LogP contribution in [-0.4, -0.2) is 53.9 Å². The summed E-state index contributed by atoms with van der Waals surface area (Å²) in [6.45, 7) is 8.41. The number of aromatic nitrogens is 1. The SMILES string of the molecule is Cc1noc(C)c1CN1CC[C@@H]2CN(CCC(F)(F)F)C[C@@H]2C1. The van der Waals surface area contributed by atoms with E-state index in [2.05, 4.69) is 10.1 Å². The van der Waals surface area contributed by atoms with Crippen LogP contribution in [-0.2, 0) is 6.54 Å². The van der Waals surface area contributed by atoms with Crippen molar-refractivity contribution >= 4 is 0 Å². The second-order valence-electron chi connectivity index (χ2n) is 6.97. The molecule has 2 fully saturated rings. The van der Waals surface area contributed by atoms with Gasteiger partial charge in [-0.25, -0.2) is 0 Å². The Bertz CT molecular complexity index is 524. The van der Waals surface area contributed by atoms with Crippen LogP contribution in [0.3, 0.4) is 0 Å². The number of piperidine rings is 1. The van der Waals surface area contributed by atoms with Gasteiger partial charge in [0.1, 0.15) is 5.76 Å². The molecule has 0 radical (unpaired) electrons. The molecule has 0 unspecified atom stereocenters. The Kier molecular flexibility index (Phi) is 4.69. The van der Waals surface area contributed by atoms with Gasteiger partial charge >= 0.3 is 6.18 Å². The Labute approximate surface area is 134 Å². The fourth-order valence-corrected chi connectivity index (χ4v) is 3.90. The lowest BCUT2D eigenvalue weighted by Crippen LogP contribution is -2.39. The molecule has 1 aromatic heterocycles. The standard InChI is InChI=1S/C16H24F3N3O/c1-11-15(12(2)23-20-11)10-21-5-3-13-7-22(9-14(13)8-21)6-4-16(17,18)19/h13-14H,3-10H2,1-2H3/t13-,14+/m1/s1. The summed E-state index contributed by atoms with van der Waals surface area (Å²) < 4.78 is 42.4. The van der Waals surface area contributed by atoms with Gasteiger partial charge in [-0.3, -0.25) is 4.90 Å². The van der Waals surface area contributed by atoms with Crippen molar-refractivity contribution in [2.24, 2.45) is 11.8 Å². The van der Waals surface area contributed by atoms with Gasteiger partial charge in [0.2, 0.25) is 0 Å².